The van der Waals surface area contributed by atoms with Gasteiger partial charge in [0.05, 0.1) is 25.0 Å². The lowest BCUT2D eigenvalue weighted by Crippen LogP contribution is -2.29. The highest BCUT2D eigenvalue weighted by molar-refractivity contribution is 5.87. The van der Waals surface area contributed by atoms with Crippen LogP contribution < -0.4 is 0 Å². The van der Waals surface area contributed by atoms with E-state index in [1.54, 1.807) is 23.3 Å². The Kier molecular flexibility index (Phi) is 4.13. The van der Waals surface area contributed by atoms with Crippen molar-refractivity contribution in [3.8, 4) is 0 Å². The van der Waals surface area contributed by atoms with Crippen molar-refractivity contribution in [1.82, 2.24) is 14.7 Å². The number of hydrogen-bond acceptors (Lipinski definition) is 3. The summed E-state index contributed by atoms with van der Waals surface area (Å²) < 4.78 is 7.35. The molecule has 1 aliphatic rings. The second kappa shape index (κ2) is 6.22. The first-order chi connectivity index (χ1) is 10.7. The molecule has 2 aromatic heterocycles. The number of carbonyl (C=O) groups excluding carboxylic acids is 1. The fourth-order valence-corrected chi connectivity index (χ4v) is 3.06. The standard InChI is InChI=1S/C17H21N3O2/c1-3-6-17(21)20(11-13-7-5-10-22-13)12-15-14-8-4-9-16(14)19(2)18-15/h3,5-7,10H,4,8-9,11-12H2,1-2H3. The number of fused-ring (bicyclic) bond motifs is 1. The highest BCUT2D eigenvalue weighted by Crippen LogP contribution is 2.26. The number of carbonyl (C=O) groups is 1. The van der Waals surface area contributed by atoms with E-state index in [4.69, 9.17) is 4.42 Å². The first-order valence-corrected chi connectivity index (χ1v) is 7.66. The van der Waals surface area contributed by atoms with Crippen molar-refractivity contribution in [3.63, 3.8) is 0 Å². The topological polar surface area (TPSA) is 51.3 Å². The third kappa shape index (κ3) is 2.84. The van der Waals surface area contributed by atoms with Gasteiger partial charge in [-0.25, -0.2) is 0 Å². The molecule has 0 saturated heterocycles. The average molecular weight is 299 g/mol. The van der Waals surface area contributed by atoms with Crippen molar-refractivity contribution in [2.45, 2.75) is 39.3 Å². The predicted molar refractivity (Wildman–Crippen MR) is 83.0 cm³/mol. The summed E-state index contributed by atoms with van der Waals surface area (Å²) in [5, 5.41) is 4.61. The Bertz CT molecular complexity index is 683. The Morgan fingerprint density at radius 3 is 3.05 bits per heavy atom. The van der Waals surface area contributed by atoms with Gasteiger partial charge in [0, 0.05) is 12.7 Å². The van der Waals surface area contributed by atoms with E-state index >= 15 is 0 Å². The zero-order chi connectivity index (χ0) is 15.5. The Labute approximate surface area is 130 Å². The van der Waals surface area contributed by atoms with E-state index in [1.165, 1.54) is 17.7 Å². The van der Waals surface area contributed by atoms with Gasteiger partial charge in [-0.3, -0.25) is 9.48 Å². The highest BCUT2D eigenvalue weighted by Gasteiger charge is 2.23. The molecule has 0 spiro atoms. The van der Waals surface area contributed by atoms with Crippen LogP contribution in [0.5, 0.6) is 0 Å². The number of aromatic nitrogens is 2. The third-order valence-corrected chi connectivity index (χ3v) is 4.09. The lowest BCUT2D eigenvalue weighted by atomic mass is 10.2. The fraction of sp³-hybridized carbons (Fsp3) is 0.412. The molecule has 1 aliphatic carbocycles. The van der Waals surface area contributed by atoms with Crippen molar-refractivity contribution in [1.29, 1.82) is 0 Å². The summed E-state index contributed by atoms with van der Waals surface area (Å²) >= 11 is 0. The van der Waals surface area contributed by atoms with Gasteiger partial charge in [0.1, 0.15) is 5.76 Å². The monoisotopic (exact) mass is 299 g/mol. The number of rotatable bonds is 5. The smallest absolute Gasteiger partial charge is 0.246 e. The molecule has 3 rings (SSSR count). The van der Waals surface area contributed by atoms with E-state index < -0.39 is 0 Å². The zero-order valence-corrected chi connectivity index (χ0v) is 13.1. The number of amides is 1. The quantitative estimate of drug-likeness (QED) is 0.797. The number of furan rings is 1. The van der Waals surface area contributed by atoms with E-state index in [0.717, 1.165) is 24.3 Å². The largest absolute Gasteiger partial charge is 0.467 e. The molecular weight excluding hydrogens is 278 g/mol. The Balaban J connectivity index is 1.83. The summed E-state index contributed by atoms with van der Waals surface area (Å²) in [7, 11) is 1.98. The molecule has 5 heteroatoms. The van der Waals surface area contributed by atoms with Crippen LogP contribution in [0.25, 0.3) is 0 Å². The molecule has 2 heterocycles. The van der Waals surface area contributed by atoms with Gasteiger partial charge in [0.25, 0.3) is 0 Å². The van der Waals surface area contributed by atoms with Crippen LogP contribution >= 0.6 is 0 Å². The van der Waals surface area contributed by atoms with Gasteiger partial charge >= 0.3 is 0 Å². The minimum Gasteiger partial charge on any atom is -0.467 e. The first kappa shape index (κ1) is 14.6. The van der Waals surface area contributed by atoms with Crippen LogP contribution in [0.2, 0.25) is 0 Å². The van der Waals surface area contributed by atoms with Crippen molar-refractivity contribution in [2.75, 3.05) is 0 Å². The molecular formula is C17H21N3O2. The van der Waals surface area contributed by atoms with E-state index in [9.17, 15) is 4.79 Å². The zero-order valence-electron chi connectivity index (χ0n) is 13.1. The van der Waals surface area contributed by atoms with Gasteiger partial charge in [-0.15, -0.1) is 0 Å². The molecule has 0 atom stereocenters. The molecule has 5 nitrogen and oxygen atoms in total. The van der Waals surface area contributed by atoms with Crippen LogP contribution in [0.1, 0.15) is 36.1 Å². The van der Waals surface area contributed by atoms with Crippen LogP contribution in [0.4, 0.5) is 0 Å². The molecule has 0 unspecified atom stereocenters. The summed E-state index contributed by atoms with van der Waals surface area (Å²) in [5.74, 6) is 0.765. The second-order valence-electron chi connectivity index (χ2n) is 5.62. The van der Waals surface area contributed by atoms with Gasteiger partial charge in [-0.05, 0) is 50.0 Å². The summed E-state index contributed by atoms with van der Waals surface area (Å²) in [6.45, 7) is 2.83. The normalized spacial score (nSPS) is 13.7. The van der Waals surface area contributed by atoms with Crippen molar-refractivity contribution >= 4 is 5.91 Å². The molecule has 0 N–H and O–H groups in total. The molecule has 0 aliphatic heterocycles. The minimum atomic E-state index is -0.0173. The fourth-order valence-electron chi connectivity index (χ4n) is 3.06. The maximum atomic E-state index is 12.3. The van der Waals surface area contributed by atoms with Gasteiger partial charge < -0.3 is 9.32 Å². The Morgan fingerprint density at radius 2 is 2.32 bits per heavy atom. The molecule has 0 saturated carbocycles. The molecule has 1 amide bonds. The molecule has 2 aromatic rings. The number of hydrogen-bond donors (Lipinski definition) is 0. The van der Waals surface area contributed by atoms with E-state index in [2.05, 4.69) is 5.10 Å². The van der Waals surface area contributed by atoms with Crippen molar-refractivity contribution in [2.24, 2.45) is 7.05 Å². The Hall–Kier alpha value is -2.30. The number of aryl methyl sites for hydroxylation is 1. The minimum absolute atomic E-state index is 0.0173. The average Bonchev–Trinajstić information content (AvgIpc) is 3.20. The maximum absolute atomic E-state index is 12.3. The molecule has 0 aromatic carbocycles. The highest BCUT2D eigenvalue weighted by atomic mass is 16.3. The Morgan fingerprint density at radius 1 is 1.45 bits per heavy atom. The second-order valence-corrected chi connectivity index (χ2v) is 5.62. The van der Waals surface area contributed by atoms with Crippen LogP contribution in [0, 0.1) is 0 Å². The van der Waals surface area contributed by atoms with Crippen LogP contribution in [0.3, 0.4) is 0 Å². The molecule has 116 valence electrons. The predicted octanol–water partition coefficient (Wildman–Crippen LogP) is 2.61. The van der Waals surface area contributed by atoms with E-state index in [1.807, 2.05) is 30.8 Å². The lowest BCUT2D eigenvalue weighted by Gasteiger charge is -2.19. The summed E-state index contributed by atoms with van der Waals surface area (Å²) in [6.07, 6.45) is 8.30. The first-order valence-electron chi connectivity index (χ1n) is 7.66. The van der Waals surface area contributed by atoms with Gasteiger partial charge in [0.15, 0.2) is 0 Å². The van der Waals surface area contributed by atoms with Gasteiger partial charge in [-0.1, -0.05) is 6.08 Å². The van der Waals surface area contributed by atoms with Crippen LogP contribution in [-0.2, 0) is 37.8 Å². The number of nitrogens with zero attached hydrogens (tertiary/aromatic N) is 3. The SMILES string of the molecule is CC=CC(=O)N(Cc1ccco1)Cc1nn(C)c2c1CCC2. The summed E-state index contributed by atoms with van der Waals surface area (Å²) in [6, 6.07) is 3.73. The molecule has 22 heavy (non-hydrogen) atoms. The summed E-state index contributed by atoms with van der Waals surface area (Å²) in [4.78, 5) is 14.1. The molecule has 0 bridgehead atoms. The third-order valence-electron chi connectivity index (χ3n) is 4.09. The molecule has 0 fully saturated rings. The van der Waals surface area contributed by atoms with Gasteiger partial charge in [-0.2, -0.15) is 5.10 Å². The van der Waals surface area contributed by atoms with Crippen LogP contribution in [-0.4, -0.2) is 20.6 Å². The maximum Gasteiger partial charge on any atom is 0.246 e. The van der Waals surface area contributed by atoms with Crippen molar-refractivity contribution in [3.05, 3.63) is 53.3 Å². The van der Waals surface area contributed by atoms with E-state index in [0.29, 0.717) is 13.1 Å². The number of allylic oxidation sites excluding steroid dienone is 1. The van der Waals surface area contributed by atoms with Gasteiger partial charge in [0.2, 0.25) is 5.91 Å². The molecule has 0 radical (unpaired) electrons. The lowest BCUT2D eigenvalue weighted by molar-refractivity contribution is -0.127. The van der Waals surface area contributed by atoms with Crippen molar-refractivity contribution < 1.29 is 9.21 Å². The van der Waals surface area contributed by atoms with E-state index in [-0.39, 0.29) is 5.91 Å². The van der Waals surface area contributed by atoms with Crippen LogP contribution in [0.15, 0.2) is 35.0 Å². The summed E-state index contributed by atoms with van der Waals surface area (Å²) in [5.41, 5.74) is 3.64.